The second kappa shape index (κ2) is 4.56. The number of nitrogen functional groups attached to an aromatic ring is 1. The molecule has 0 amide bonds. The molecule has 4 nitrogen and oxygen atoms in total. The molecule has 5 heteroatoms. The number of rotatable bonds is 1. The van der Waals surface area contributed by atoms with Gasteiger partial charge in [-0.2, -0.15) is 0 Å². The molecular formula is C7H9ClN2O2. The lowest BCUT2D eigenvalue weighted by atomic mass is 10.3. The summed E-state index contributed by atoms with van der Waals surface area (Å²) in [5, 5.41) is 0. The average molecular weight is 189 g/mol. The van der Waals surface area contributed by atoms with Gasteiger partial charge in [0.2, 0.25) is 0 Å². The Morgan fingerprint density at radius 1 is 1.58 bits per heavy atom. The molecule has 1 rings (SSSR count). The Morgan fingerprint density at radius 2 is 2.25 bits per heavy atom. The summed E-state index contributed by atoms with van der Waals surface area (Å²) in [6.45, 7) is 0. The Labute approximate surface area is 76.1 Å². The number of aromatic nitrogens is 1. The highest BCUT2D eigenvalue weighted by Gasteiger charge is 2.04. The fourth-order valence-electron chi connectivity index (χ4n) is 0.687. The van der Waals surface area contributed by atoms with E-state index in [9.17, 15) is 4.79 Å². The number of pyridine rings is 1. The molecule has 0 aliphatic rings. The van der Waals surface area contributed by atoms with Crippen molar-refractivity contribution in [2.45, 2.75) is 0 Å². The van der Waals surface area contributed by atoms with Crippen molar-refractivity contribution in [3.05, 3.63) is 24.0 Å². The maximum Gasteiger partial charge on any atom is 0.339 e. The minimum absolute atomic E-state index is 0. The number of hydrogen-bond acceptors (Lipinski definition) is 4. The van der Waals surface area contributed by atoms with E-state index in [1.165, 1.54) is 25.6 Å². The number of anilines is 1. The topological polar surface area (TPSA) is 65.2 Å². The third-order valence-corrected chi connectivity index (χ3v) is 1.18. The van der Waals surface area contributed by atoms with Gasteiger partial charge in [0.25, 0.3) is 0 Å². The number of carbonyl (C=O) groups is 1. The summed E-state index contributed by atoms with van der Waals surface area (Å²) in [6.07, 6.45) is 2.87. The minimum Gasteiger partial charge on any atom is -0.465 e. The molecule has 0 fully saturated rings. The van der Waals surface area contributed by atoms with E-state index in [0.717, 1.165) is 0 Å². The number of nitrogens with two attached hydrogens (primary N) is 1. The van der Waals surface area contributed by atoms with Crippen molar-refractivity contribution in [2.24, 2.45) is 0 Å². The van der Waals surface area contributed by atoms with Crippen LogP contribution in [0.15, 0.2) is 18.5 Å². The number of halogens is 1. The van der Waals surface area contributed by atoms with Crippen molar-refractivity contribution in [1.29, 1.82) is 0 Å². The van der Waals surface area contributed by atoms with Crippen LogP contribution >= 0.6 is 12.4 Å². The van der Waals surface area contributed by atoms with Crippen LogP contribution in [0.4, 0.5) is 5.69 Å². The highest BCUT2D eigenvalue weighted by Crippen LogP contribution is 2.04. The SMILES string of the molecule is COC(=O)c1cncc(N)c1.Cl. The van der Waals surface area contributed by atoms with E-state index in [1.807, 2.05) is 0 Å². The Hall–Kier alpha value is -1.29. The number of esters is 1. The molecule has 12 heavy (non-hydrogen) atoms. The minimum atomic E-state index is -0.426. The summed E-state index contributed by atoms with van der Waals surface area (Å²) in [7, 11) is 1.31. The molecule has 2 N–H and O–H groups in total. The third kappa shape index (κ3) is 2.39. The molecule has 0 atom stereocenters. The molecule has 66 valence electrons. The molecule has 0 radical (unpaired) electrons. The lowest BCUT2D eigenvalue weighted by Crippen LogP contribution is -2.02. The number of nitrogens with zero attached hydrogens (tertiary/aromatic N) is 1. The van der Waals surface area contributed by atoms with Crippen LogP contribution in [-0.4, -0.2) is 18.1 Å². The van der Waals surface area contributed by atoms with Gasteiger partial charge in [-0.15, -0.1) is 12.4 Å². The van der Waals surface area contributed by atoms with Gasteiger partial charge in [0.05, 0.1) is 18.4 Å². The lowest BCUT2D eigenvalue weighted by molar-refractivity contribution is 0.0600. The van der Waals surface area contributed by atoms with Gasteiger partial charge >= 0.3 is 5.97 Å². The van der Waals surface area contributed by atoms with E-state index >= 15 is 0 Å². The van der Waals surface area contributed by atoms with E-state index in [4.69, 9.17) is 5.73 Å². The van der Waals surface area contributed by atoms with Crippen LogP contribution < -0.4 is 5.73 Å². The van der Waals surface area contributed by atoms with Crippen molar-refractivity contribution in [1.82, 2.24) is 4.98 Å². The van der Waals surface area contributed by atoms with Crippen LogP contribution in [0.2, 0.25) is 0 Å². The zero-order valence-electron chi connectivity index (χ0n) is 6.48. The summed E-state index contributed by atoms with van der Waals surface area (Å²) >= 11 is 0. The largest absolute Gasteiger partial charge is 0.465 e. The molecule has 0 aliphatic carbocycles. The van der Waals surface area contributed by atoms with Crippen molar-refractivity contribution in [3.8, 4) is 0 Å². The molecule has 0 aromatic carbocycles. The molecule has 0 spiro atoms. The Bertz CT molecular complexity index is 278. The van der Waals surface area contributed by atoms with Gasteiger partial charge in [-0.1, -0.05) is 0 Å². The van der Waals surface area contributed by atoms with Crippen molar-refractivity contribution in [2.75, 3.05) is 12.8 Å². The summed E-state index contributed by atoms with van der Waals surface area (Å²) in [6, 6.07) is 1.51. The first-order chi connectivity index (χ1) is 5.24. The smallest absolute Gasteiger partial charge is 0.339 e. The molecule has 1 aromatic heterocycles. The zero-order valence-corrected chi connectivity index (χ0v) is 7.30. The molecule has 1 aromatic rings. The monoisotopic (exact) mass is 188 g/mol. The molecule has 0 saturated carbocycles. The number of ether oxygens (including phenoxy) is 1. The predicted octanol–water partition coefficient (Wildman–Crippen LogP) is 0.872. The van der Waals surface area contributed by atoms with E-state index < -0.39 is 5.97 Å². The van der Waals surface area contributed by atoms with Gasteiger partial charge in [0.1, 0.15) is 0 Å². The molecule has 0 saturated heterocycles. The predicted molar refractivity (Wildman–Crippen MR) is 47.2 cm³/mol. The van der Waals surface area contributed by atoms with Crippen LogP contribution in [0, 0.1) is 0 Å². The Kier molecular flexibility index (Phi) is 4.07. The molecular weight excluding hydrogens is 180 g/mol. The quantitative estimate of drug-likeness (QED) is 0.665. The Balaban J connectivity index is 0.00000121. The molecule has 0 unspecified atom stereocenters. The fourth-order valence-corrected chi connectivity index (χ4v) is 0.687. The highest BCUT2D eigenvalue weighted by molar-refractivity contribution is 5.89. The Morgan fingerprint density at radius 3 is 2.75 bits per heavy atom. The molecule has 0 bridgehead atoms. The first-order valence-electron chi connectivity index (χ1n) is 3.03. The average Bonchev–Trinajstić information content (AvgIpc) is 2.03. The van der Waals surface area contributed by atoms with Gasteiger partial charge in [-0.25, -0.2) is 4.79 Å². The van der Waals surface area contributed by atoms with Crippen molar-refractivity contribution < 1.29 is 9.53 Å². The van der Waals surface area contributed by atoms with Crippen LogP contribution in [0.1, 0.15) is 10.4 Å². The second-order valence-corrected chi connectivity index (χ2v) is 2.00. The van der Waals surface area contributed by atoms with E-state index in [0.29, 0.717) is 11.3 Å². The number of methoxy groups -OCH3 is 1. The van der Waals surface area contributed by atoms with Gasteiger partial charge in [-0.3, -0.25) is 4.98 Å². The second-order valence-electron chi connectivity index (χ2n) is 2.00. The standard InChI is InChI=1S/C7H8N2O2.ClH/c1-11-7(10)5-2-6(8)4-9-3-5;/h2-4H,8H2,1H3;1H. The molecule has 1 heterocycles. The van der Waals surface area contributed by atoms with E-state index in [2.05, 4.69) is 9.72 Å². The third-order valence-electron chi connectivity index (χ3n) is 1.18. The maximum atomic E-state index is 10.8. The number of hydrogen-bond donors (Lipinski definition) is 1. The zero-order chi connectivity index (χ0) is 8.27. The van der Waals surface area contributed by atoms with Crippen LogP contribution in [0.5, 0.6) is 0 Å². The van der Waals surface area contributed by atoms with Crippen LogP contribution in [0.25, 0.3) is 0 Å². The normalized spacial score (nSPS) is 8.42. The van der Waals surface area contributed by atoms with Gasteiger partial charge < -0.3 is 10.5 Å². The van der Waals surface area contributed by atoms with E-state index in [1.54, 1.807) is 0 Å². The maximum absolute atomic E-state index is 10.8. The van der Waals surface area contributed by atoms with Gasteiger partial charge in [-0.05, 0) is 6.07 Å². The fraction of sp³-hybridized carbons (Fsp3) is 0.143. The summed E-state index contributed by atoms with van der Waals surface area (Å²) < 4.78 is 4.46. The lowest BCUT2D eigenvalue weighted by Gasteiger charge is -1.97. The van der Waals surface area contributed by atoms with Crippen molar-refractivity contribution >= 4 is 24.1 Å². The van der Waals surface area contributed by atoms with Crippen molar-refractivity contribution in [3.63, 3.8) is 0 Å². The number of carbonyl (C=O) groups excluding carboxylic acids is 1. The first-order valence-corrected chi connectivity index (χ1v) is 3.03. The van der Waals surface area contributed by atoms with Crippen LogP contribution in [-0.2, 0) is 4.74 Å². The van der Waals surface area contributed by atoms with Gasteiger partial charge in [0.15, 0.2) is 0 Å². The van der Waals surface area contributed by atoms with Gasteiger partial charge in [0, 0.05) is 12.4 Å². The summed E-state index contributed by atoms with van der Waals surface area (Å²) in [4.78, 5) is 14.6. The first kappa shape index (κ1) is 10.7. The van der Waals surface area contributed by atoms with Crippen LogP contribution in [0.3, 0.4) is 0 Å². The summed E-state index contributed by atoms with van der Waals surface area (Å²) in [5.41, 5.74) is 6.20. The molecule has 0 aliphatic heterocycles. The van der Waals surface area contributed by atoms with E-state index in [-0.39, 0.29) is 12.4 Å². The highest BCUT2D eigenvalue weighted by atomic mass is 35.5. The summed E-state index contributed by atoms with van der Waals surface area (Å²) in [5.74, 6) is -0.426.